The number of nitrogens with zero attached hydrogens (tertiary/aromatic N) is 1. The van der Waals surface area contributed by atoms with Gasteiger partial charge in [-0.15, -0.1) is 0 Å². The summed E-state index contributed by atoms with van der Waals surface area (Å²) in [6.07, 6.45) is -0.384. The van der Waals surface area contributed by atoms with Crippen molar-refractivity contribution in [2.75, 3.05) is 7.11 Å². The van der Waals surface area contributed by atoms with Crippen LogP contribution in [0.4, 0.5) is 0 Å². The molecule has 0 saturated carbocycles. The molecule has 83 valence electrons. The van der Waals surface area contributed by atoms with Crippen LogP contribution in [0.15, 0.2) is 30.3 Å². The number of hydrogen-bond donors (Lipinski definition) is 0. The number of hydrogen-bond acceptors (Lipinski definition) is 3. The van der Waals surface area contributed by atoms with Crippen molar-refractivity contribution in [3.8, 4) is 0 Å². The summed E-state index contributed by atoms with van der Waals surface area (Å²) in [7, 11) is 1.58. The predicted molar refractivity (Wildman–Crippen MR) is 59.6 cm³/mol. The van der Waals surface area contributed by atoms with Crippen LogP contribution in [0.5, 0.6) is 0 Å². The Labute approximate surface area is 93.3 Å². The Bertz CT molecular complexity index is 504. The Morgan fingerprint density at radius 1 is 1.38 bits per heavy atom. The van der Waals surface area contributed by atoms with Crippen molar-refractivity contribution >= 4 is 17.4 Å². The molecule has 0 bridgehead atoms. The lowest BCUT2D eigenvalue weighted by atomic mass is 10.2. The molecule has 4 heteroatoms. The quantitative estimate of drug-likeness (QED) is 0.786. The van der Waals surface area contributed by atoms with E-state index in [9.17, 15) is 4.79 Å². The van der Waals surface area contributed by atoms with E-state index in [2.05, 4.69) is 0 Å². The number of rotatable bonds is 4. The molecule has 2 rings (SSSR count). The molecule has 1 radical (unpaired) electrons. The molecule has 0 saturated heterocycles. The smallest absolute Gasteiger partial charge is 0.418 e. The van der Waals surface area contributed by atoms with Gasteiger partial charge in [-0.25, -0.2) is 4.79 Å². The topological polar surface area (TPSA) is 40.5 Å². The van der Waals surface area contributed by atoms with E-state index in [0.29, 0.717) is 0 Å². The second-order valence-corrected chi connectivity index (χ2v) is 3.45. The highest BCUT2D eigenvalue weighted by Gasteiger charge is 2.15. The van der Waals surface area contributed by atoms with Gasteiger partial charge in [-0.1, -0.05) is 18.2 Å². The zero-order chi connectivity index (χ0) is 11.5. The first kappa shape index (κ1) is 10.5. The van der Waals surface area contributed by atoms with Crippen LogP contribution in [0, 0.1) is 0 Å². The van der Waals surface area contributed by atoms with Crippen molar-refractivity contribution in [2.45, 2.75) is 13.0 Å². The molecule has 1 aromatic heterocycles. The molecule has 1 atom stereocenters. The number of benzene rings is 1. The summed E-state index contributed by atoms with van der Waals surface area (Å²) in [5, 5.41) is 1.04. The fourth-order valence-electron chi connectivity index (χ4n) is 1.77. The molecule has 1 heterocycles. The van der Waals surface area contributed by atoms with Crippen molar-refractivity contribution in [1.29, 1.82) is 0 Å². The maximum absolute atomic E-state index is 10.2. The molecule has 0 spiro atoms. The molecule has 2 aromatic rings. The molecule has 4 nitrogen and oxygen atoms in total. The summed E-state index contributed by atoms with van der Waals surface area (Å²) in [6.45, 7) is 3.22. The van der Waals surface area contributed by atoms with Gasteiger partial charge in [0.25, 0.3) is 0 Å². The fraction of sp³-hybridized carbons (Fsp3) is 0.250. The lowest BCUT2D eigenvalue weighted by molar-refractivity contribution is 0.127. The Morgan fingerprint density at radius 3 is 2.81 bits per heavy atom. The molecular formula is C12H12NO3. The minimum atomic E-state index is -0.384. The van der Waals surface area contributed by atoms with E-state index >= 15 is 0 Å². The van der Waals surface area contributed by atoms with Crippen molar-refractivity contribution in [3.05, 3.63) is 36.0 Å². The normalized spacial score (nSPS) is 12.4. The SMILES string of the molecule is COn1c(C(C)O[C]=O)cc2ccccc21. The van der Waals surface area contributed by atoms with E-state index in [0.717, 1.165) is 16.6 Å². The van der Waals surface area contributed by atoms with Crippen LogP contribution in [0.2, 0.25) is 0 Å². The molecule has 0 aliphatic heterocycles. The van der Waals surface area contributed by atoms with Gasteiger partial charge in [-0.3, -0.25) is 0 Å². The van der Waals surface area contributed by atoms with E-state index in [4.69, 9.17) is 9.57 Å². The zero-order valence-corrected chi connectivity index (χ0v) is 9.14. The van der Waals surface area contributed by atoms with Crippen molar-refractivity contribution in [3.63, 3.8) is 0 Å². The van der Waals surface area contributed by atoms with Gasteiger partial charge in [0, 0.05) is 5.39 Å². The first-order chi connectivity index (χ1) is 7.77. The number of aromatic nitrogens is 1. The number of para-hydroxylation sites is 1. The predicted octanol–water partition coefficient (Wildman–Crippen LogP) is 1.84. The zero-order valence-electron chi connectivity index (χ0n) is 9.14. The molecule has 0 fully saturated rings. The molecular weight excluding hydrogens is 206 g/mol. The lowest BCUT2D eigenvalue weighted by Gasteiger charge is -2.12. The van der Waals surface area contributed by atoms with Crippen LogP contribution in [-0.4, -0.2) is 18.3 Å². The molecule has 0 amide bonds. The maximum Gasteiger partial charge on any atom is 0.418 e. The monoisotopic (exact) mass is 218 g/mol. The van der Waals surface area contributed by atoms with Gasteiger partial charge in [0.2, 0.25) is 0 Å². The van der Waals surface area contributed by atoms with Gasteiger partial charge in [0.15, 0.2) is 0 Å². The van der Waals surface area contributed by atoms with Crippen LogP contribution >= 0.6 is 0 Å². The summed E-state index contributed by atoms with van der Waals surface area (Å²) in [4.78, 5) is 15.5. The first-order valence-electron chi connectivity index (χ1n) is 4.95. The molecule has 0 aliphatic rings. The Hall–Kier alpha value is -1.97. The minimum Gasteiger partial charge on any atom is -0.448 e. The number of ether oxygens (including phenoxy) is 1. The molecule has 0 N–H and O–H groups in total. The second kappa shape index (κ2) is 4.26. The highest BCUT2D eigenvalue weighted by molar-refractivity contribution is 5.81. The minimum absolute atomic E-state index is 0.384. The summed E-state index contributed by atoms with van der Waals surface area (Å²) in [6, 6.07) is 9.73. The second-order valence-electron chi connectivity index (χ2n) is 3.45. The molecule has 0 aliphatic carbocycles. The van der Waals surface area contributed by atoms with Gasteiger partial charge >= 0.3 is 6.47 Å². The Morgan fingerprint density at radius 2 is 2.12 bits per heavy atom. The highest BCUT2D eigenvalue weighted by Crippen LogP contribution is 2.24. The van der Waals surface area contributed by atoms with Gasteiger partial charge in [-0.05, 0) is 19.1 Å². The molecule has 16 heavy (non-hydrogen) atoms. The van der Waals surface area contributed by atoms with Crippen LogP contribution in [0.1, 0.15) is 18.7 Å². The molecule has 1 aromatic carbocycles. The van der Waals surface area contributed by atoms with Gasteiger partial charge < -0.3 is 9.57 Å². The highest BCUT2D eigenvalue weighted by atomic mass is 16.6. The van der Waals surface area contributed by atoms with E-state index in [1.54, 1.807) is 18.8 Å². The number of carbonyl (C=O) groups excluding carboxylic acids is 1. The first-order valence-corrected chi connectivity index (χ1v) is 4.95. The summed E-state index contributed by atoms with van der Waals surface area (Å²) in [5.41, 5.74) is 1.73. The van der Waals surface area contributed by atoms with Crippen molar-refractivity contribution < 1.29 is 14.4 Å². The standard InChI is InChI=1S/C12H12NO3/c1-9(16-8-14)12-7-10-5-3-4-6-11(10)13(12)15-2/h3-7,9H,1-2H3. The lowest BCUT2D eigenvalue weighted by Crippen LogP contribution is -2.12. The van der Waals surface area contributed by atoms with Gasteiger partial charge in [0.1, 0.15) is 13.2 Å². The Kier molecular flexibility index (Phi) is 2.81. The third-order valence-electron chi connectivity index (χ3n) is 2.52. The summed E-state index contributed by atoms with van der Waals surface area (Å²) < 4.78 is 6.44. The van der Waals surface area contributed by atoms with Crippen LogP contribution < -0.4 is 4.84 Å². The summed E-state index contributed by atoms with van der Waals surface area (Å²) in [5.74, 6) is 0. The summed E-state index contributed by atoms with van der Waals surface area (Å²) >= 11 is 0. The maximum atomic E-state index is 10.2. The van der Waals surface area contributed by atoms with E-state index in [1.165, 1.54) is 6.47 Å². The average molecular weight is 218 g/mol. The van der Waals surface area contributed by atoms with Crippen LogP contribution in [-0.2, 0) is 9.53 Å². The van der Waals surface area contributed by atoms with E-state index in [-0.39, 0.29) is 6.10 Å². The largest absolute Gasteiger partial charge is 0.448 e. The van der Waals surface area contributed by atoms with Gasteiger partial charge in [0.05, 0.1) is 11.2 Å². The van der Waals surface area contributed by atoms with Crippen LogP contribution in [0.25, 0.3) is 10.9 Å². The average Bonchev–Trinajstić information content (AvgIpc) is 2.67. The van der Waals surface area contributed by atoms with E-state index in [1.807, 2.05) is 30.3 Å². The van der Waals surface area contributed by atoms with E-state index < -0.39 is 0 Å². The van der Waals surface area contributed by atoms with Gasteiger partial charge in [-0.2, -0.15) is 4.73 Å². The van der Waals surface area contributed by atoms with Crippen molar-refractivity contribution in [1.82, 2.24) is 4.73 Å². The third-order valence-corrected chi connectivity index (χ3v) is 2.52. The fourth-order valence-corrected chi connectivity index (χ4v) is 1.77. The Balaban J connectivity index is 2.55. The van der Waals surface area contributed by atoms with Crippen LogP contribution in [0.3, 0.4) is 0 Å². The molecule has 1 unspecified atom stereocenters. The number of fused-ring (bicyclic) bond motifs is 1. The van der Waals surface area contributed by atoms with Crippen molar-refractivity contribution in [2.24, 2.45) is 0 Å². The third kappa shape index (κ3) is 1.62.